The minimum Gasteiger partial charge on any atom is -0.467 e. The molecule has 0 radical (unpaired) electrons. The third kappa shape index (κ3) is 4.96. The molecule has 10 heteroatoms. The lowest BCUT2D eigenvalue weighted by atomic mass is 10.1. The van der Waals surface area contributed by atoms with Gasteiger partial charge in [-0.25, -0.2) is 14.4 Å². The van der Waals surface area contributed by atoms with E-state index in [-0.39, 0.29) is 47.5 Å². The van der Waals surface area contributed by atoms with Gasteiger partial charge in [0.15, 0.2) is 0 Å². The quantitative estimate of drug-likeness (QED) is 0.225. The second-order valence-corrected chi connectivity index (χ2v) is 10.3. The first kappa shape index (κ1) is 28.4. The zero-order valence-electron chi connectivity index (χ0n) is 23.8. The highest BCUT2D eigenvalue weighted by Crippen LogP contribution is 2.28. The molecule has 0 bridgehead atoms. The molecule has 1 aliphatic rings. The van der Waals surface area contributed by atoms with Gasteiger partial charge in [-0.1, -0.05) is 60.7 Å². The molecule has 1 atom stereocenters. The molecule has 0 aliphatic carbocycles. The van der Waals surface area contributed by atoms with Crippen LogP contribution in [-0.4, -0.2) is 65.2 Å². The number of methoxy groups -OCH3 is 1. The summed E-state index contributed by atoms with van der Waals surface area (Å²) in [6, 6.07) is 28.9. The van der Waals surface area contributed by atoms with E-state index in [0.717, 1.165) is 0 Å². The lowest BCUT2D eigenvalue weighted by Crippen LogP contribution is -2.61. The molecule has 5 aromatic rings. The van der Waals surface area contributed by atoms with Gasteiger partial charge in [-0.3, -0.25) is 19.1 Å². The number of rotatable bonds is 3. The van der Waals surface area contributed by atoms with E-state index in [2.05, 4.69) is 0 Å². The lowest BCUT2D eigenvalue weighted by Gasteiger charge is -2.41. The molecular formula is C34H28N4O6. The van der Waals surface area contributed by atoms with Crippen LogP contribution in [0, 0.1) is 0 Å². The third-order valence-corrected chi connectivity index (χ3v) is 7.77. The molecule has 4 aromatic carbocycles. The minimum atomic E-state index is -1.16. The first-order chi connectivity index (χ1) is 21.4. The Labute approximate surface area is 251 Å². The second kappa shape index (κ2) is 11.8. The van der Waals surface area contributed by atoms with Gasteiger partial charge in [0.05, 0.1) is 46.8 Å². The number of amides is 3. The van der Waals surface area contributed by atoms with Gasteiger partial charge < -0.3 is 14.5 Å². The summed E-state index contributed by atoms with van der Waals surface area (Å²) in [5, 5.41) is 0.152. The topological polar surface area (TPSA) is 109 Å². The second-order valence-electron chi connectivity index (χ2n) is 10.3. The van der Waals surface area contributed by atoms with E-state index in [9.17, 15) is 24.0 Å². The number of ether oxygens (including phenoxy) is 1. The number of hydrogen-bond acceptors (Lipinski definition) is 6. The Kier molecular flexibility index (Phi) is 7.63. The van der Waals surface area contributed by atoms with Crippen molar-refractivity contribution in [2.45, 2.75) is 6.04 Å². The number of carbonyl (C=O) groups excluding carboxylic acids is 3. The normalized spacial score (nSPS) is 14.8. The van der Waals surface area contributed by atoms with E-state index in [1.54, 1.807) is 41.3 Å². The van der Waals surface area contributed by atoms with Crippen LogP contribution >= 0.6 is 0 Å². The highest BCUT2D eigenvalue weighted by atomic mass is 16.5. The van der Waals surface area contributed by atoms with Gasteiger partial charge in [-0.05, 0) is 48.5 Å². The summed E-state index contributed by atoms with van der Waals surface area (Å²) in [4.78, 5) is 72.5. The zero-order chi connectivity index (χ0) is 30.8. The number of urea groups is 1. The number of esters is 1. The summed E-state index contributed by atoms with van der Waals surface area (Å²) in [6.45, 7) is -0.0316. The molecule has 1 aromatic heterocycles. The summed E-state index contributed by atoms with van der Waals surface area (Å²) in [5.41, 5.74) is 0.271. The number of benzene rings is 4. The van der Waals surface area contributed by atoms with Crippen molar-refractivity contribution in [1.82, 2.24) is 14.4 Å². The van der Waals surface area contributed by atoms with E-state index in [0.29, 0.717) is 11.4 Å². The van der Waals surface area contributed by atoms with Gasteiger partial charge in [-0.15, -0.1) is 0 Å². The maximum atomic E-state index is 14.4. The fourth-order valence-corrected chi connectivity index (χ4v) is 5.62. The fraction of sp³-hybridized carbons (Fsp3) is 0.147. The highest BCUT2D eigenvalue weighted by molar-refractivity contribution is 6.02. The average molecular weight is 589 g/mol. The van der Waals surface area contributed by atoms with Gasteiger partial charge in [0.25, 0.3) is 0 Å². The molecule has 220 valence electrons. The number of piperazine rings is 1. The summed E-state index contributed by atoms with van der Waals surface area (Å²) in [5.74, 6) is -0.703. The standard InChI is InChI=1S/C34H28N4O6/c1-44-32(41)29-22-35(33(42)37(23-12-4-2-5-13-23)24-14-6-3-7-15-24)20-21-36(29)34(43)38-27-18-10-8-16-25(27)30(39)31(40)26-17-9-11-19-28(26)38/h2-19,29H,20-22H2,1H3/t29-/m0/s1. The van der Waals surface area contributed by atoms with E-state index in [4.69, 9.17) is 4.74 Å². The van der Waals surface area contributed by atoms with Crippen LogP contribution in [0.25, 0.3) is 21.8 Å². The number of anilines is 2. The maximum absolute atomic E-state index is 14.4. The number of hydrogen-bond donors (Lipinski definition) is 0. The van der Waals surface area contributed by atoms with Gasteiger partial charge in [0.1, 0.15) is 6.04 Å². The lowest BCUT2D eigenvalue weighted by molar-refractivity contribution is -0.147. The molecule has 1 fully saturated rings. The van der Waals surface area contributed by atoms with Crippen molar-refractivity contribution >= 4 is 51.2 Å². The van der Waals surface area contributed by atoms with Crippen molar-refractivity contribution in [2.75, 3.05) is 31.6 Å². The van der Waals surface area contributed by atoms with Crippen molar-refractivity contribution in [3.05, 3.63) is 130 Å². The molecule has 6 rings (SSSR count). The summed E-state index contributed by atoms with van der Waals surface area (Å²) in [7, 11) is 1.22. The van der Waals surface area contributed by atoms with Crippen LogP contribution in [0.3, 0.4) is 0 Å². The van der Waals surface area contributed by atoms with Crippen LogP contribution in [-0.2, 0) is 9.53 Å². The number of aromatic nitrogens is 1. The maximum Gasteiger partial charge on any atom is 0.330 e. The van der Waals surface area contributed by atoms with Crippen LogP contribution < -0.4 is 15.8 Å². The highest BCUT2D eigenvalue weighted by Gasteiger charge is 2.40. The Morgan fingerprint density at radius 1 is 0.682 bits per heavy atom. The molecular weight excluding hydrogens is 560 g/mol. The van der Waals surface area contributed by atoms with Gasteiger partial charge in [0.2, 0.25) is 10.9 Å². The molecule has 2 heterocycles. The molecule has 1 aliphatic heterocycles. The van der Waals surface area contributed by atoms with Crippen LogP contribution in [0.15, 0.2) is 119 Å². The number of carbonyl (C=O) groups is 3. The van der Waals surface area contributed by atoms with E-state index < -0.39 is 28.9 Å². The zero-order valence-corrected chi connectivity index (χ0v) is 23.8. The molecule has 0 saturated carbocycles. The van der Waals surface area contributed by atoms with E-state index in [1.165, 1.54) is 33.6 Å². The molecule has 0 N–H and O–H groups in total. The van der Waals surface area contributed by atoms with Crippen molar-refractivity contribution in [3.63, 3.8) is 0 Å². The van der Waals surface area contributed by atoms with Crippen molar-refractivity contribution in [1.29, 1.82) is 0 Å². The summed E-state index contributed by atoms with van der Waals surface area (Å²) < 4.78 is 6.39. The molecule has 44 heavy (non-hydrogen) atoms. The molecule has 0 unspecified atom stereocenters. The van der Waals surface area contributed by atoms with Crippen LogP contribution in [0.4, 0.5) is 21.0 Å². The predicted molar refractivity (Wildman–Crippen MR) is 167 cm³/mol. The van der Waals surface area contributed by atoms with Gasteiger partial charge in [-0.2, -0.15) is 0 Å². The van der Waals surface area contributed by atoms with Crippen LogP contribution in [0.1, 0.15) is 0 Å². The Bertz CT molecular complexity index is 1900. The Hall–Kier alpha value is -5.77. The smallest absolute Gasteiger partial charge is 0.330 e. The number of fused-ring (bicyclic) bond motifs is 2. The summed E-state index contributed by atoms with van der Waals surface area (Å²) in [6.07, 6.45) is 0. The number of nitrogens with zero attached hydrogens (tertiary/aromatic N) is 4. The average Bonchev–Trinajstić information content (AvgIpc) is 3.17. The third-order valence-electron chi connectivity index (χ3n) is 7.77. The number of para-hydroxylation sites is 4. The molecule has 0 spiro atoms. The van der Waals surface area contributed by atoms with Gasteiger partial charge in [0, 0.05) is 13.1 Å². The van der Waals surface area contributed by atoms with Crippen molar-refractivity contribution in [3.8, 4) is 0 Å². The SMILES string of the molecule is COC(=O)[C@@H]1CN(C(=O)N(c2ccccc2)c2ccccc2)CCN1C(=O)n1c2ccccc2c(=O)c(=O)c2ccccc21. The first-order valence-corrected chi connectivity index (χ1v) is 14.1. The van der Waals surface area contributed by atoms with Crippen molar-refractivity contribution in [2.24, 2.45) is 0 Å². The fourth-order valence-electron chi connectivity index (χ4n) is 5.62. The molecule has 10 nitrogen and oxygen atoms in total. The summed E-state index contributed by atoms with van der Waals surface area (Å²) >= 11 is 0. The monoisotopic (exact) mass is 588 g/mol. The molecule has 1 saturated heterocycles. The molecule has 3 amide bonds. The minimum absolute atomic E-state index is 0.00944. The van der Waals surface area contributed by atoms with Crippen molar-refractivity contribution < 1.29 is 19.1 Å². The van der Waals surface area contributed by atoms with Gasteiger partial charge >= 0.3 is 18.0 Å². The van der Waals surface area contributed by atoms with Crippen LogP contribution in [0.5, 0.6) is 0 Å². The first-order valence-electron chi connectivity index (χ1n) is 14.1. The predicted octanol–water partition coefficient (Wildman–Crippen LogP) is 4.60. The van der Waals surface area contributed by atoms with Crippen LogP contribution in [0.2, 0.25) is 0 Å². The van der Waals surface area contributed by atoms with E-state index in [1.807, 2.05) is 60.7 Å². The largest absolute Gasteiger partial charge is 0.467 e. The Morgan fingerprint density at radius 3 is 1.66 bits per heavy atom. The van der Waals surface area contributed by atoms with E-state index >= 15 is 0 Å². The Balaban J connectivity index is 1.42. The Morgan fingerprint density at radius 2 is 1.16 bits per heavy atom.